The molecule has 0 radical (unpaired) electrons. The summed E-state index contributed by atoms with van der Waals surface area (Å²) >= 11 is 6.17. The minimum Gasteiger partial charge on any atom is -0.480 e. The zero-order chi connectivity index (χ0) is 24.8. The van der Waals surface area contributed by atoms with Crippen molar-refractivity contribution in [2.45, 2.75) is 12.6 Å². The SMILES string of the molecule is O=C(O)[C@@H]1CN(C(=O)OCc2ccccc2)CCN1C(=O)N(c1ccccc1)c1cccc(Cl)c1. The van der Waals surface area contributed by atoms with E-state index in [1.165, 1.54) is 14.7 Å². The number of ether oxygens (including phenoxy) is 1. The molecule has 1 aliphatic rings. The maximum Gasteiger partial charge on any atom is 0.410 e. The Bertz CT molecular complexity index is 1190. The Morgan fingerprint density at radius 3 is 2.23 bits per heavy atom. The third-order valence-electron chi connectivity index (χ3n) is 5.65. The summed E-state index contributed by atoms with van der Waals surface area (Å²) in [7, 11) is 0. The van der Waals surface area contributed by atoms with Crippen molar-refractivity contribution in [2.75, 3.05) is 24.5 Å². The average molecular weight is 494 g/mol. The van der Waals surface area contributed by atoms with Crippen LogP contribution in [0.4, 0.5) is 21.0 Å². The highest BCUT2D eigenvalue weighted by atomic mass is 35.5. The van der Waals surface area contributed by atoms with Crippen LogP contribution in [0, 0.1) is 0 Å². The van der Waals surface area contributed by atoms with Crippen LogP contribution in [0.5, 0.6) is 0 Å². The van der Waals surface area contributed by atoms with Crippen molar-refractivity contribution in [3.63, 3.8) is 0 Å². The Morgan fingerprint density at radius 2 is 1.57 bits per heavy atom. The summed E-state index contributed by atoms with van der Waals surface area (Å²) in [5.74, 6) is -1.21. The fraction of sp³-hybridized carbons (Fsp3) is 0.192. The molecule has 9 heteroatoms. The van der Waals surface area contributed by atoms with Gasteiger partial charge in [0.25, 0.3) is 0 Å². The lowest BCUT2D eigenvalue weighted by Gasteiger charge is -2.40. The lowest BCUT2D eigenvalue weighted by Crippen LogP contribution is -2.61. The number of piperazine rings is 1. The van der Waals surface area contributed by atoms with Gasteiger partial charge in [-0.25, -0.2) is 14.4 Å². The molecule has 3 aromatic rings. The summed E-state index contributed by atoms with van der Waals surface area (Å²) in [6.07, 6.45) is -0.623. The van der Waals surface area contributed by atoms with Gasteiger partial charge in [0.1, 0.15) is 12.6 Å². The van der Waals surface area contributed by atoms with Gasteiger partial charge >= 0.3 is 18.1 Å². The van der Waals surface area contributed by atoms with E-state index in [0.717, 1.165) is 5.56 Å². The molecule has 1 aliphatic heterocycles. The number of aliphatic carboxylic acids is 1. The Balaban J connectivity index is 1.53. The first-order valence-electron chi connectivity index (χ1n) is 11.0. The van der Waals surface area contributed by atoms with Crippen LogP contribution in [0.1, 0.15) is 5.56 Å². The van der Waals surface area contributed by atoms with Crippen molar-refractivity contribution < 1.29 is 24.2 Å². The minimum absolute atomic E-state index is 0.0279. The van der Waals surface area contributed by atoms with Crippen molar-refractivity contribution in [3.8, 4) is 0 Å². The molecule has 3 amide bonds. The third-order valence-corrected chi connectivity index (χ3v) is 5.88. The van der Waals surface area contributed by atoms with E-state index in [2.05, 4.69) is 0 Å². The van der Waals surface area contributed by atoms with Crippen LogP contribution in [-0.2, 0) is 16.1 Å². The predicted molar refractivity (Wildman–Crippen MR) is 132 cm³/mol. The van der Waals surface area contributed by atoms with E-state index in [9.17, 15) is 19.5 Å². The molecule has 1 N–H and O–H groups in total. The van der Waals surface area contributed by atoms with Gasteiger partial charge in [-0.2, -0.15) is 0 Å². The molecule has 3 aromatic carbocycles. The summed E-state index contributed by atoms with van der Waals surface area (Å²) in [4.78, 5) is 42.5. The molecule has 8 nitrogen and oxygen atoms in total. The topological polar surface area (TPSA) is 90.4 Å². The first kappa shape index (κ1) is 24.1. The largest absolute Gasteiger partial charge is 0.480 e. The van der Waals surface area contributed by atoms with Gasteiger partial charge in [0.05, 0.1) is 17.9 Å². The molecule has 35 heavy (non-hydrogen) atoms. The van der Waals surface area contributed by atoms with Crippen molar-refractivity contribution in [3.05, 3.63) is 95.5 Å². The summed E-state index contributed by atoms with van der Waals surface area (Å²) in [6.45, 7) is 0.0570. The number of para-hydroxylation sites is 1. The highest BCUT2D eigenvalue weighted by Crippen LogP contribution is 2.30. The number of carbonyl (C=O) groups excluding carboxylic acids is 2. The highest BCUT2D eigenvalue weighted by molar-refractivity contribution is 6.31. The molecule has 0 spiro atoms. The van der Waals surface area contributed by atoms with Gasteiger partial charge in [0.2, 0.25) is 0 Å². The molecule has 1 saturated heterocycles. The summed E-state index contributed by atoms with van der Waals surface area (Å²) < 4.78 is 5.36. The fourth-order valence-corrected chi connectivity index (χ4v) is 4.07. The number of halogens is 1. The van der Waals surface area contributed by atoms with Crippen LogP contribution in [-0.4, -0.2) is 58.7 Å². The Hall–Kier alpha value is -4.04. The number of carboxylic acids is 1. The number of rotatable bonds is 5. The number of benzene rings is 3. The number of carboxylic acid groups (broad SMARTS) is 1. The van der Waals surface area contributed by atoms with Gasteiger partial charge in [0.15, 0.2) is 0 Å². The van der Waals surface area contributed by atoms with Crippen LogP contribution in [0.3, 0.4) is 0 Å². The van der Waals surface area contributed by atoms with Crippen LogP contribution in [0.2, 0.25) is 5.02 Å². The number of hydrogen-bond acceptors (Lipinski definition) is 4. The van der Waals surface area contributed by atoms with Gasteiger partial charge < -0.3 is 19.6 Å². The number of amides is 3. The van der Waals surface area contributed by atoms with Gasteiger partial charge in [-0.1, -0.05) is 66.2 Å². The Kier molecular flexibility index (Phi) is 7.52. The Labute approximate surface area is 207 Å². The van der Waals surface area contributed by atoms with E-state index >= 15 is 0 Å². The zero-order valence-corrected chi connectivity index (χ0v) is 19.5. The van der Waals surface area contributed by atoms with E-state index in [1.54, 1.807) is 48.5 Å². The first-order valence-corrected chi connectivity index (χ1v) is 11.4. The molecule has 180 valence electrons. The highest BCUT2D eigenvalue weighted by Gasteiger charge is 2.40. The third kappa shape index (κ3) is 5.73. The van der Waals surface area contributed by atoms with E-state index in [4.69, 9.17) is 16.3 Å². The quantitative estimate of drug-likeness (QED) is 0.539. The standard InChI is InChI=1S/C26H24ClN3O5/c27-20-10-7-13-22(16-20)30(21-11-5-2-6-12-21)25(33)29-15-14-28(17-23(29)24(31)32)26(34)35-18-19-8-3-1-4-9-19/h1-13,16,23H,14-15,17-18H2,(H,31,32)/t23-/m0/s1. The second kappa shape index (κ2) is 10.9. The number of anilines is 2. The summed E-state index contributed by atoms with van der Waals surface area (Å²) in [5, 5.41) is 10.4. The molecule has 1 atom stereocenters. The van der Waals surface area contributed by atoms with Gasteiger partial charge in [-0.3, -0.25) is 4.90 Å². The number of carbonyl (C=O) groups is 3. The molecule has 0 aromatic heterocycles. The van der Waals surface area contributed by atoms with Crippen LogP contribution in [0.15, 0.2) is 84.9 Å². The lowest BCUT2D eigenvalue weighted by molar-refractivity contribution is -0.143. The Morgan fingerprint density at radius 1 is 0.914 bits per heavy atom. The van der Waals surface area contributed by atoms with Crippen molar-refractivity contribution >= 4 is 41.1 Å². The van der Waals surface area contributed by atoms with Gasteiger partial charge in [0, 0.05) is 18.1 Å². The minimum atomic E-state index is -1.24. The van der Waals surface area contributed by atoms with Crippen molar-refractivity contribution in [1.82, 2.24) is 9.80 Å². The van der Waals surface area contributed by atoms with Crippen molar-refractivity contribution in [1.29, 1.82) is 0 Å². The maximum atomic E-state index is 13.7. The van der Waals surface area contributed by atoms with E-state index in [0.29, 0.717) is 16.4 Å². The molecule has 1 fully saturated rings. The smallest absolute Gasteiger partial charge is 0.410 e. The number of hydrogen-bond donors (Lipinski definition) is 1. The lowest BCUT2D eigenvalue weighted by atomic mass is 10.1. The fourth-order valence-electron chi connectivity index (χ4n) is 3.89. The molecule has 1 heterocycles. The summed E-state index contributed by atoms with van der Waals surface area (Å²) in [5.41, 5.74) is 1.89. The second-order valence-electron chi connectivity index (χ2n) is 7.97. The second-order valence-corrected chi connectivity index (χ2v) is 8.40. The first-order chi connectivity index (χ1) is 16.9. The molecular formula is C26H24ClN3O5. The van der Waals surface area contributed by atoms with Crippen LogP contribution >= 0.6 is 11.6 Å². The maximum absolute atomic E-state index is 13.7. The molecule has 0 saturated carbocycles. The monoisotopic (exact) mass is 493 g/mol. The van der Waals surface area contributed by atoms with E-state index in [1.807, 2.05) is 36.4 Å². The van der Waals surface area contributed by atoms with Crippen molar-refractivity contribution in [2.24, 2.45) is 0 Å². The van der Waals surface area contributed by atoms with Gasteiger partial charge in [-0.05, 0) is 35.9 Å². The number of urea groups is 1. The molecule has 4 rings (SSSR count). The van der Waals surface area contributed by atoms with Crippen LogP contribution < -0.4 is 4.90 Å². The van der Waals surface area contributed by atoms with E-state index < -0.39 is 24.1 Å². The summed E-state index contributed by atoms with van der Waals surface area (Å²) in [6, 6.07) is 23.1. The zero-order valence-electron chi connectivity index (χ0n) is 18.8. The predicted octanol–water partition coefficient (Wildman–Crippen LogP) is 5.01. The van der Waals surface area contributed by atoms with E-state index in [-0.39, 0.29) is 26.2 Å². The van der Waals surface area contributed by atoms with Crippen LogP contribution in [0.25, 0.3) is 0 Å². The molecule has 0 aliphatic carbocycles. The molecule has 0 bridgehead atoms. The normalized spacial score (nSPS) is 15.4. The number of nitrogens with zero attached hydrogens (tertiary/aromatic N) is 3. The van der Waals surface area contributed by atoms with Gasteiger partial charge in [-0.15, -0.1) is 0 Å². The molecular weight excluding hydrogens is 470 g/mol. The average Bonchev–Trinajstić information content (AvgIpc) is 2.88. The molecule has 0 unspecified atom stereocenters.